The van der Waals surface area contributed by atoms with E-state index in [2.05, 4.69) is 15.4 Å². The number of hydrogen-bond donors (Lipinski definition) is 3. The Balaban J connectivity index is 1.73. The van der Waals surface area contributed by atoms with Gasteiger partial charge in [0.15, 0.2) is 0 Å². The van der Waals surface area contributed by atoms with E-state index in [0.29, 0.717) is 22.1 Å². The van der Waals surface area contributed by atoms with Crippen LogP contribution in [0.2, 0.25) is 0 Å². The van der Waals surface area contributed by atoms with Crippen LogP contribution in [0.5, 0.6) is 0 Å². The van der Waals surface area contributed by atoms with Gasteiger partial charge in [0, 0.05) is 35.6 Å². The highest BCUT2D eigenvalue weighted by atomic mass is 32.2. The Morgan fingerprint density at radius 3 is 2.61 bits per heavy atom. The van der Waals surface area contributed by atoms with Crippen molar-refractivity contribution in [1.29, 1.82) is 0 Å². The van der Waals surface area contributed by atoms with E-state index in [-0.39, 0.29) is 10.8 Å². The van der Waals surface area contributed by atoms with Crippen molar-refractivity contribution in [3.63, 3.8) is 0 Å². The fourth-order valence-corrected chi connectivity index (χ4v) is 4.84. The molecule has 0 bridgehead atoms. The van der Waals surface area contributed by atoms with E-state index in [0.717, 1.165) is 25.1 Å². The minimum atomic E-state index is -3.79. The molecular weight excluding hydrogens is 374 g/mol. The molecule has 1 aliphatic heterocycles. The van der Waals surface area contributed by atoms with Gasteiger partial charge in [0.25, 0.3) is 10.0 Å². The number of nitrogens with one attached hydrogen (secondary N) is 3. The Hall–Kier alpha value is -2.90. The molecule has 0 fully saturated rings. The van der Waals surface area contributed by atoms with Crippen LogP contribution in [0, 0.1) is 0 Å². The first kappa shape index (κ1) is 18.5. The predicted molar refractivity (Wildman–Crippen MR) is 111 cm³/mol. The van der Waals surface area contributed by atoms with Crippen molar-refractivity contribution in [2.75, 3.05) is 16.6 Å². The smallest absolute Gasteiger partial charge is 0.262 e. The molecule has 3 N–H and O–H groups in total. The van der Waals surface area contributed by atoms with Crippen LogP contribution in [0.15, 0.2) is 59.5 Å². The molecule has 3 aromatic carbocycles. The SMILES string of the molecule is CC(=O)Nc1cccc2c(S(=O)(=O)Nc3ccc4c(c3)CCNC4)cccc12. The third kappa shape index (κ3) is 3.58. The van der Waals surface area contributed by atoms with Crippen molar-refractivity contribution >= 4 is 38.1 Å². The van der Waals surface area contributed by atoms with E-state index in [1.165, 1.54) is 12.5 Å². The highest BCUT2D eigenvalue weighted by molar-refractivity contribution is 7.93. The molecule has 7 heteroatoms. The lowest BCUT2D eigenvalue weighted by Crippen LogP contribution is -2.23. The van der Waals surface area contributed by atoms with E-state index in [4.69, 9.17) is 0 Å². The second-order valence-electron chi connectivity index (χ2n) is 6.85. The average molecular weight is 395 g/mol. The fourth-order valence-electron chi connectivity index (χ4n) is 3.56. The van der Waals surface area contributed by atoms with Gasteiger partial charge in [-0.2, -0.15) is 0 Å². The van der Waals surface area contributed by atoms with E-state index in [9.17, 15) is 13.2 Å². The molecular formula is C21H21N3O3S. The van der Waals surface area contributed by atoms with Crippen LogP contribution in [-0.2, 0) is 27.8 Å². The molecule has 144 valence electrons. The van der Waals surface area contributed by atoms with Crippen molar-refractivity contribution in [2.24, 2.45) is 0 Å². The molecule has 28 heavy (non-hydrogen) atoms. The highest BCUT2D eigenvalue weighted by Crippen LogP contribution is 2.30. The number of hydrogen-bond acceptors (Lipinski definition) is 4. The quantitative estimate of drug-likeness (QED) is 0.633. The summed E-state index contributed by atoms with van der Waals surface area (Å²) >= 11 is 0. The first-order chi connectivity index (χ1) is 13.4. The monoisotopic (exact) mass is 395 g/mol. The van der Waals surface area contributed by atoms with Crippen LogP contribution in [0.3, 0.4) is 0 Å². The minimum Gasteiger partial charge on any atom is -0.326 e. The van der Waals surface area contributed by atoms with Gasteiger partial charge in [0.1, 0.15) is 0 Å². The van der Waals surface area contributed by atoms with Gasteiger partial charge < -0.3 is 10.6 Å². The molecule has 0 radical (unpaired) electrons. The maximum atomic E-state index is 13.1. The summed E-state index contributed by atoms with van der Waals surface area (Å²) in [6.45, 7) is 3.11. The minimum absolute atomic E-state index is 0.177. The van der Waals surface area contributed by atoms with Gasteiger partial charge >= 0.3 is 0 Å². The van der Waals surface area contributed by atoms with Gasteiger partial charge in [-0.05, 0) is 48.4 Å². The topological polar surface area (TPSA) is 87.3 Å². The summed E-state index contributed by atoms with van der Waals surface area (Å²) in [5, 5.41) is 7.29. The molecule has 0 spiro atoms. The zero-order valence-corrected chi connectivity index (χ0v) is 16.3. The van der Waals surface area contributed by atoms with E-state index in [1.54, 1.807) is 42.5 Å². The summed E-state index contributed by atoms with van der Waals surface area (Å²) in [5.41, 5.74) is 3.49. The molecule has 0 aromatic heterocycles. The Labute approximate surface area is 164 Å². The van der Waals surface area contributed by atoms with Crippen molar-refractivity contribution in [2.45, 2.75) is 24.8 Å². The summed E-state index contributed by atoms with van der Waals surface area (Å²) in [6, 6.07) is 15.9. The summed E-state index contributed by atoms with van der Waals surface area (Å²) in [6.07, 6.45) is 0.874. The molecule has 3 aromatic rings. The molecule has 0 saturated carbocycles. The fraction of sp³-hybridized carbons (Fsp3) is 0.190. The van der Waals surface area contributed by atoms with Gasteiger partial charge in [0.2, 0.25) is 5.91 Å². The Morgan fingerprint density at radius 2 is 1.79 bits per heavy atom. The maximum absolute atomic E-state index is 13.1. The zero-order chi connectivity index (χ0) is 19.7. The summed E-state index contributed by atoms with van der Waals surface area (Å²) in [7, 11) is -3.79. The number of anilines is 2. The zero-order valence-electron chi connectivity index (χ0n) is 15.5. The lowest BCUT2D eigenvalue weighted by Gasteiger charge is -2.18. The normalized spacial score (nSPS) is 13.8. The predicted octanol–water partition coefficient (Wildman–Crippen LogP) is 3.24. The van der Waals surface area contributed by atoms with E-state index >= 15 is 0 Å². The Morgan fingerprint density at radius 1 is 1.00 bits per heavy atom. The third-order valence-electron chi connectivity index (χ3n) is 4.83. The molecule has 1 aliphatic rings. The van der Waals surface area contributed by atoms with Crippen molar-refractivity contribution in [1.82, 2.24) is 5.32 Å². The van der Waals surface area contributed by atoms with Gasteiger partial charge in [-0.3, -0.25) is 9.52 Å². The molecule has 0 atom stereocenters. The van der Waals surface area contributed by atoms with Gasteiger partial charge in [-0.25, -0.2) is 8.42 Å². The van der Waals surface area contributed by atoms with Crippen LogP contribution in [0.4, 0.5) is 11.4 Å². The maximum Gasteiger partial charge on any atom is 0.262 e. The highest BCUT2D eigenvalue weighted by Gasteiger charge is 2.19. The first-order valence-corrected chi connectivity index (χ1v) is 10.6. The molecule has 0 aliphatic carbocycles. The molecule has 1 amide bonds. The lowest BCUT2D eigenvalue weighted by atomic mass is 10.0. The largest absolute Gasteiger partial charge is 0.326 e. The second kappa shape index (κ2) is 7.26. The number of carbonyl (C=O) groups is 1. The molecule has 6 nitrogen and oxygen atoms in total. The Kier molecular flexibility index (Phi) is 4.78. The number of carbonyl (C=O) groups excluding carboxylic acids is 1. The lowest BCUT2D eigenvalue weighted by molar-refractivity contribution is -0.114. The van der Waals surface area contributed by atoms with Gasteiger partial charge in [-0.1, -0.05) is 30.3 Å². The molecule has 1 heterocycles. The van der Waals surface area contributed by atoms with E-state index < -0.39 is 10.0 Å². The second-order valence-corrected chi connectivity index (χ2v) is 8.50. The molecule has 4 rings (SSSR count). The summed E-state index contributed by atoms with van der Waals surface area (Å²) in [5.74, 6) is -0.206. The van der Waals surface area contributed by atoms with Crippen LogP contribution >= 0.6 is 0 Å². The summed E-state index contributed by atoms with van der Waals surface area (Å²) < 4.78 is 28.9. The number of fused-ring (bicyclic) bond motifs is 2. The van der Waals surface area contributed by atoms with Crippen LogP contribution in [0.25, 0.3) is 10.8 Å². The Bertz CT molecular complexity index is 1170. The number of sulfonamides is 1. The standard InChI is InChI=1S/C21H21N3O3S/c1-14(25)23-20-6-2-5-19-18(20)4-3-7-21(19)28(26,27)24-17-9-8-16-13-22-11-10-15(16)12-17/h2-9,12,22,24H,10-11,13H2,1H3,(H,23,25). The number of benzene rings is 3. The van der Waals surface area contributed by atoms with Crippen LogP contribution in [0.1, 0.15) is 18.1 Å². The summed E-state index contributed by atoms with van der Waals surface area (Å²) in [4.78, 5) is 11.6. The third-order valence-corrected chi connectivity index (χ3v) is 6.27. The van der Waals surface area contributed by atoms with E-state index in [1.807, 2.05) is 12.1 Å². The molecule has 0 saturated heterocycles. The average Bonchev–Trinajstić information content (AvgIpc) is 2.67. The van der Waals surface area contributed by atoms with Crippen LogP contribution < -0.4 is 15.4 Å². The van der Waals surface area contributed by atoms with Crippen molar-refractivity contribution in [3.05, 3.63) is 65.7 Å². The van der Waals surface area contributed by atoms with Crippen molar-refractivity contribution in [3.8, 4) is 0 Å². The number of amides is 1. The van der Waals surface area contributed by atoms with Crippen molar-refractivity contribution < 1.29 is 13.2 Å². The van der Waals surface area contributed by atoms with Gasteiger partial charge in [0.05, 0.1) is 4.90 Å². The van der Waals surface area contributed by atoms with Crippen LogP contribution in [-0.4, -0.2) is 20.9 Å². The number of rotatable bonds is 4. The molecule has 0 unspecified atom stereocenters. The van der Waals surface area contributed by atoms with Gasteiger partial charge in [-0.15, -0.1) is 0 Å². The first-order valence-electron chi connectivity index (χ1n) is 9.09.